The molecular formula is C26H37N5O7. The molecule has 1 unspecified atom stereocenters. The number of esters is 1. The molecule has 0 aliphatic carbocycles. The van der Waals surface area contributed by atoms with Crippen LogP contribution >= 0.6 is 0 Å². The van der Waals surface area contributed by atoms with E-state index in [2.05, 4.69) is 16.0 Å². The number of hydrogen-bond acceptors (Lipinski definition) is 7. The van der Waals surface area contributed by atoms with Gasteiger partial charge in [-0.15, -0.1) is 0 Å². The number of nitrogens with one attached hydrogen (secondary N) is 3. The third-order valence-electron chi connectivity index (χ3n) is 5.59. The zero-order valence-electron chi connectivity index (χ0n) is 22.3. The van der Waals surface area contributed by atoms with Gasteiger partial charge in [-0.2, -0.15) is 0 Å². The topological polar surface area (TPSA) is 154 Å². The lowest BCUT2D eigenvalue weighted by Crippen LogP contribution is -2.51. The van der Waals surface area contributed by atoms with E-state index in [9.17, 15) is 28.8 Å². The maximum atomic E-state index is 13.3. The maximum Gasteiger partial charge on any atom is 0.326 e. The van der Waals surface area contributed by atoms with E-state index in [1.807, 2.05) is 19.9 Å². The van der Waals surface area contributed by atoms with E-state index >= 15 is 0 Å². The summed E-state index contributed by atoms with van der Waals surface area (Å²) >= 11 is 0. The van der Waals surface area contributed by atoms with Crippen LogP contribution in [-0.2, 0) is 40.0 Å². The Labute approximate surface area is 222 Å². The van der Waals surface area contributed by atoms with Crippen LogP contribution in [0, 0.1) is 11.8 Å². The molecule has 1 aliphatic heterocycles. The van der Waals surface area contributed by atoms with Crippen molar-refractivity contribution in [2.24, 2.45) is 11.8 Å². The molecule has 0 spiro atoms. The highest BCUT2D eigenvalue weighted by atomic mass is 16.5. The summed E-state index contributed by atoms with van der Waals surface area (Å²) in [6.07, 6.45) is -1.20. The molecule has 0 bridgehead atoms. The van der Waals surface area contributed by atoms with Gasteiger partial charge in [0.2, 0.25) is 23.6 Å². The van der Waals surface area contributed by atoms with Gasteiger partial charge in [0, 0.05) is 13.1 Å². The second-order valence-corrected chi connectivity index (χ2v) is 9.83. The molecule has 1 aromatic rings. The van der Waals surface area contributed by atoms with Crippen molar-refractivity contribution in [2.75, 3.05) is 39.3 Å². The average Bonchev–Trinajstić information content (AvgIpc) is 2.87. The van der Waals surface area contributed by atoms with Crippen molar-refractivity contribution in [3.63, 3.8) is 0 Å². The highest BCUT2D eigenvalue weighted by Gasteiger charge is 2.30. The Kier molecular flexibility index (Phi) is 11.7. The molecule has 208 valence electrons. The maximum absolute atomic E-state index is 13.3. The summed E-state index contributed by atoms with van der Waals surface area (Å²) in [4.78, 5) is 78.8. The van der Waals surface area contributed by atoms with Gasteiger partial charge in [0.05, 0.1) is 13.1 Å². The van der Waals surface area contributed by atoms with Crippen LogP contribution in [0.25, 0.3) is 0 Å². The Morgan fingerprint density at radius 1 is 0.947 bits per heavy atom. The van der Waals surface area contributed by atoms with Crippen LogP contribution in [0.2, 0.25) is 0 Å². The first-order valence-corrected chi connectivity index (χ1v) is 12.6. The number of nitrogens with zero attached hydrogens (tertiary/aromatic N) is 2. The summed E-state index contributed by atoms with van der Waals surface area (Å²) in [6.45, 7) is 5.29. The molecule has 1 aromatic carbocycles. The molecule has 1 atom stereocenters. The number of hydrogen-bond donors (Lipinski definition) is 3. The molecule has 1 fully saturated rings. The van der Waals surface area contributed by atoms with Crippen LogP contribution in [0.5, 0.6) is 0 Å². The number of cyclic esters (lactones) is 1. The average molecular weight is 532 g/mol. The van der Waals surface area contributed by atoms with Crippen molar-refractivity contribution in [3.8, 4) is 0 Å². The second-order valence-electron chi connectivity index (χ2n) is 9.83. The lowest BCUT2D eigenvalue weighted by molar-refractivity contribution is -0.158. The molecule has 38 heavy (non-hydrogen) atoms. The van der Waals surface area contributed by atoms with E-state index < -0.39 is 80.3 Å². The lowest BCUT2D eigenvalue weighted by atomic mass is 10.1. The van der Waals surface area contributed by atoms with Gasteiger partial charge in [-0.3, -0.25) is 28.8 Å². The summed E-state index contributed by atoms with van der Waals surface area (Å²) in [7, 11) is 0. The van der Waals surface area contributed by atoms with Crippen LogP contribution in [-0.4, -0.2) is 90.7 Å². The number of carbonyl (C=O) groups is 6. The minimum atomic E-state index is -1.20. The fourth-order valence-corrected chi connectivity index (χ4v) is 3.53. The van der Waals surface area contributed by atoms with Crippen LogP contribution in [0.1, 0.15) is 33.3 Å². The molecule has 5 amide bonds. The Hall–Kier alpha value is -3.96. The Morgan fingerprint density at radius 2 is 1.63 bits per heavy atom. The molecule has 12 heteroatoms. The standard InChI is InChI=1S/C26H37N5O7/c1-17(2)10-27-20(32)15-31-16-23(35)30(13-19-8-6-5-7-9-19)14-21(33)28-12-24(36)38-25(18(3)4)26(37)29-11-22(31)34/h5-9,17-18,25H,10-16H2,1-4H3,(H,27,32)(H,28,33)(H,29,37). The van der Waals surface area contributed by atoms with Gasteiger partial charge < -0.3 is 30.5 Å². The number of ether oxygens (including phenoxy) is 1. The van der Waals surface area contributed by atoms with Gasteiger partial charge in [0.15, 0.2) is 6.10 Å². The van der Waals surface area contributed by atoms with Crippen LogP contribution < -0.4 is 16.0 Å². The normalized spacial score (nSPS) is 18.5. The van der Waals surface area contributed by atoms with E-state index in [4.69, 9.17) is 4.74 Å². The molecule has 1 saturated heterocycles. The van der Waals surface area contributed by atoms with Gasteiger partial charge in [-0.05, 0) is 17.4 Å². The lowest BCUT2D eigenvalue weighted by Gasteiger charge is -2.27. The van der Waals surface area contributed by atoms with Crippen LogP contribution in [0.4, 0.5) is 0 Å². The fraction of sp³-hybridized carbons (Fsp3) is 0.538. The van der Waals surface area contributed by atoms with E-state index in [0.717, 1.165) is 10.5 Å². The number of carbonyl (C=O) groups excluding carboxylic acids is 6. The third kappa shape index (κ3) is 10.2. The van der Waals surface area contributed by atoms with Crippen molar-refractivity contribution in [1.82, 2.24) is 25.8 Å². The molecule has 1 aliphatic rings. The predicted molar refractivity (Wildman–Crippen MR) is 137 cm³/mol. The SMILES string of the molecule is CC(C)CNC(=O)CN1CC(=O)N(Cc2ccccc2)CC(=O)NCC(=O)OC(C(C)C)C(=O)NCC1=O. The number of benzene rings is 1. The van der Waals surface area contributed by atoms with E-state index in [0.29, 0.717) is 6.54 Å². The highest BCUT2D eigenvalue weighted by molar-refractivity contribution is 5.94. The van der Waals surface area contributed by atoms with Gasteiger partial charge in [-0.1, -0.05) is 58.0 Å². The van der Waals surface area contributed by atoms with Crippen molar-refractivity contribution >= 4 is 35.5 Å². The van der Waals surface area contributed by atoms with E-state index in [1.54, 1.807) is 38.1 Å². The summed E-state index contributed by atoms with van der Waals surface area (Å²) in [5, 5.41) is 7.54. The first-order chi connectivity index (χ1) is 18.0. The molecule has 3 N–H and O–H groups in total. The van der Waals surface area contributed by atoms with Crippen molar-refractivity contribution in [1.29, 1.82) is 0 Å². The van der Waals surface area contributed by atoms with Crippen LogP contribution in [0.15, 0.2) is 30.3 Å². The monoisotopic (exact) mass is 531 g/mol. The quantitative estimate of drug-likeness (QED) is 0.398. The second kappa shape index (κ2) is 14.7. The van der Waals surface area contributed by atoms with Crippen molar-refractivity contribution in [3.05, 3.63) is 35.9 Å². The number of amides is 5. The highest BCUT2D eigenvalue weighted by Crippen LogP contribution is 2.09. The zero-order chi connectivity index (χ0) is 28.2. The number of rotatable bonds is 7. The Balaban J connectivity index is 2.33. The van der Waals surface area contributed by atoms with Crippen LogP contribution in [0.3, 0.4) is 0 Å². The minimum absolute atomic E-state index is 0.0608. The van der Waals surface area contributed by atoms with Gasteiger partial charge in [0.25, 0.3) is 5.91 Å². The first kappa shape index (κ1) is 30.3. The van der Waals surface area contributed by atoms with Crippen molar-refractivity contribution in [2.45, 2.75) is 40.3 Å². The fourth-order valence-electron chi connectivity index (χ4n) is 3.53. The molecule has 2 rings (SSSR count). The van der Waals surface area contributed by atoms with Gasteiger partial charge in [0.1, 0.15) is 19.6 Å². The minimum Gasteiger partial charge on any atom is -0.451 e. The molecule has 0 saturated carbocycles. The summed E-state index contributed by atoms with van der Waals surface area (Å²) in [6, 6.07) is 8.94. The van der Waals surface area contributed by atoms with Gasteiger partial charge >= 0.3 is 5.97 Å². The molecule has 0 aromatic heterocycles. The van der Waals surface area contributed by atoms with E-state index in [1.165, 1.54) is 4.90 Å². The molecule has 0 radical (unpaired) electrons. The molecule has 1 heterocycles. The first-order valence-electron chi connectivity index (χ1n) is 12.6. The molecule has 12 nitrogen and oxygen atoms in total. The molecular weight excluding hydrogens is 494 g/mol. The largest absolute Gasteiger partial charge is 0.451 e. The van der Waals surface area contributed by atoms with E-state index in [-0.39, 0.29) is 12.5 Å². The summed E-state index contributed by atoms with van der Waals surface area (Å²) in [5.74, 6) is -4.14. The Morgan fingerprint density at radius 3 is 2.26 bits per heavy atom. The summed E-state index contributed by atoms with van der Waals surface area (Å²) < 4.78 is 5.24. The third-order valence-corrected chi connectivity index (χ3v) is 5.59. The van der Waals surface area contributed by atoms with Crippen molar-refractivity contribution < 1.29 is 33.5 Å². The Bertz CT molecular complexity index is 1010. The smallest absolute Gasteiger partial charge is 0.326 e. The van der Waals surface area contributed by atoms with Gasteiger partial charge in [-0.25, -0.2) is 0 Å². The summed E-state index contributed by atoms with van der Waals surface area (Å²) in [5.41, 5.74) is 0.741. The predicted octanol–water partition coefficient (Wildman–Crippen LogP) is -0.570. The zero-order valence-corrected chi connectivity index (χ0v) is 22.3.